The Bertz CT molecular complexity index is 753. The van der Waals surface area contributed by atoms with Gasteiger partial charge in [-0.2, -0.15) is 0 Å². The molecule has 22 heavy (non-hydrogen) atoms. The summed E-state index contributed by atoms with van der Waals surface area (Å²) in [4.78, 5) is 37.9. The second kappa shape index (κ2) is 5.73. The third-order valence-corrected chi connectivity index (χ3v) is 4.49. The number of hydrogen-bond acceptors (Lipinski definition) is 4. The molecular weight excluding hydrogens is 300 g/mol. The fourth-order valence-electron chi connectivity index (χ4n) is 2.35. The van der Waals surface area contributed by atoms with Gasteiger partial charge in [0.15, 0.2) is 0 Å². The summed E-state index contributed by atoms with van der Waals surface area (Å²) in [6, 6.07) is 8.73. The number of aryl methyl sites for hydroxylation is 1. The van der Waals surface area contributed by atoms with E-state index in [4.69, 9.17) is 0 Å². The van der Waals surface area contributed by atoms with E-state index >= 15 is 0 Å². The minimum atomic E-state index is -0.338. The Balaban J connectivity index is 1.68. The van der Waals surface area contributed by atoms with Crippen LogP contribution in [0.5, 0.6) is 0 Å². The van der Waals surface area contributed by atoms with Crippen LogP contribution in [-0.4, -0.2) is 29.7 Å². The van der Waals surface area contributed by atoms with Gasteiger partial charge in [-0.1, -0.05) is 6.07 Å². The first kappa shape index (κ1) is 14.5. The lowest BCUT2D eigenvalue weighted by molar-refractivity contribution is -0.116. The number of nitrogens with zero attached hydrogens (tertiary/aromatic N) is 1. The molecule has 1 aromatic carbocycles. The minimum Gasteiger partial charge on any atom is -0.326 e. The monoisotopic (exact) mass is 314 g/mol. The SMILES string of the molecule is CN1C(=O)c2ccc(NC(=O)CCc3cccs3)cc2C1=O. The number of rotatable bonds is 4. The van der Waals surface area contributed by atoms with Crippen LogP contribution in [0.15, 0.2) is 35.7 Å². The van der Waals surface area contributed by atoms with Crippen molar-refractivity contribution in [3.05, 3.63) is 51.7 Å². The Labute approximate surface area is 131 Å². The summed E-state index contributed by atoms with van der Waals surface area (Å²) in [6.07, 6.45) is 1.07. The van der Waals surface area contributed by atoms with E-state index in [1.165, 1.54) is 7.05 Å². The maximum atomic E-state index is 11.9. The van der Waals surface area contributed by atoms with Crippen LogP contribution in [0.25, 0.3) is 0 Å². The van der Waals surface area contributed by atoms with Gasteiger partial charge >= 0.3 is 0 Å². The van der Waals surface area contributed by atoms with E-state index < -0.39 is 0 Å². The molecule has 2 heterocycles. The highest BCUT2D eigenvalue weighted by molar-refractivity contribution is 7.09. The highest BCUT2D eigenvalue weighted by atomic mass is 32.1. The molecule has 2 aromatic rings. The molecule has 0 saturated heterocycles. The van der Waals surface area contributed by atoms with Gasteiger partial charge in [-0.3, -0.25) is 19.3 Å². The van der Waals surface area contributed by atoms with Gasteiger partial charge < -0.3 is 5.32 Å². The van der Waals surface area contributed by atoms with Crippen molar-refractivity contribution in [1.82, 2.24) is 4.90 Å². The first-order valence-corrected chi connectivity index (χ1v) is 7.73. The van der Waals surface area contributed by atoms with E-state index in [1.807, 2.05) is 17.5 Å². The number of carbonyl (C=O) groups excluding carboxylic acids is 3. The van der Waals surface area contributed by atoms with E-state index in [9.17, 15) is 14.4 Å². The Morgan fingerprint density at radius 3 is 2.68 bits per heavy atom. The first-order chi connectivity index (χ1) is 10.6. The fourth-order valence-corrected chi connectivity index (χ4v) is 3.06. The molecule has 3 rings (SSSR count). The van der Waals surface area contributed by atoms with Gasteiger partial charge in [-0.25, -0.2) is 0 Å². The van der Waals surface area contributed by atoms with Crippen molar-refractivity contribution in [1.29, 1.82) is 0 Å². The van der Waals surface area contributed by atoms with Crippen LogP contribution in [0, 0.1) is 0 Å². The number of carbonyl (C=O) groups is 3. The van der Waals surface area contributed by atoms with E-state index in [0.29, 0.717) is 29.7 Å². The van der Waals surface area contributed by atoms with Gasteiger partial charge in [0, 0.05) is 24.0 Å². The maximum Gasteiger partial charge on any atom is 0.261 e. The third kappa shape index (κ3) is 2.65. The lowest BCUT2D eigenvalue weighted by atomic mass is 10.1. The molecular formula is C16H14N2O3S. The van der Waals surface area contributed by atoms with Gasteiger partial charge in [0.05, 0.1) is 11.1 Å². The van der Waals surface area contributed by atoms with E-state index in [0.717, 1.165) is 9.78 Å². The van der Waals surface area contributed by atoms with Crippen molar-refractivity contribution in [2.24, 2.45) is 0 Å². The molecule has 0 atom stereocenters. The molecule has 6 heteroatoms. The number of amides is 3. The molecule has 0 fully saturated rings. The Kier molecular flexibility index (Phi) is 3.77. The lowest BCUT2D eigenvalue weighted by Gasteiger charge is -2.06. The zero-order valence-corrected chi connectivity index (χ0v) is 12.8. The second-order valence-corrected chi connectivity index (χ2v) is 6.09. The molecule has 1 aliphatic heterocycles. The Morgan fingerprint density at radius 2 is 1.95 bits per heavy atom. The molecule has 0 aliphatic carbocycles. The van der Waals surface area contributed by atoms with Gasteiger partial charge in [0.1, 0.15) is 0 Å². The van der Waals surface area contributed by atoms with Crippen molar-refractivity contribution < 1.29 is 14.4 Å². The zero-order chi connectivity index (χ0) is 15.7. The van der Waals surface area contributed by atoms with Crippen LogP contribution in [-0.2, 0) is 11.2 Å². The fraction of sp³-hybridized carbons (Fsp3) is 0.188. The summed E-state index contributed by atoms with van der Waals surface area (Å²) in [6.45, 7) is 0. The standard InChI is InChI=1S/C16H14N2O3S/c1-18-15(20)12-6-4-10(9-13(12)16(18)21)17-14(19)7-5-11-3-2-8-22-11/h2-4,6,8-9H,5,7H2,1H3,(H,17,19). The van der Waals surface area contributed by atoms with E-state index in [-0.39, 0.29) is 17.7 Å². The molecule has 0 bridgehead atoms. The normalized spacial score (nSPS) is 13.4. The average molecular weight is 314 g/mol. The number of hydrogen-bond donors (Lipinski definition) is 1. The molecule has 1 N–H and O–H groups in total. The summed E-state index contributed by atoms with van der Waals surface area (Å²) in [5, 5.41) is 4.75. The summed E-state index contributed by atoms with van der Waals surface area (Å²) < 4.78 is 0. The molecule has 1 aliphatic rings. The number of imide groups is 1. The number of nitrogens with one attached hydrogen (secondary N) is 1. The quantitative estimate of drug-likeness (QED) is 0.882. The predicted molar refractivity (Wildman–Crippen MR) is 84.1 cm³/mol. The molecule has 5 nitrogen and oxygen atoms in total. The van der Waals surface area contributed by atoms with Crippen LogP contribution < -0.4 is 5.32 Å². The van der Waals surface area contributed by atoms with Crippen molar-refractivity contribution in [3.63, 3.8) is 0 Å². The minimum absolute atomic E-state index is 0.113. The molecule has 112 valence electrons. The number of anilines is 1. The van der Waals surface area contributed by atoms with Crippen molar-refractivity contribution in [2.75, 3.05) is 12.4 Å². The van der Waals surface area contributed by atoms with Crippen molar-refractivity contribution in [3.8, 4) is 0 Å². The molecule has 0 unspecified atom stereocenters. The predicted octanol–water partition coefficient (Wildman–Crippen LogP) is 2.55. The molecule has 0 saturated carbocycles. The largest absolute Gasteiger partial charge is 0.326 e. The van der Waals surface area contributed by atoms with E-state index in [2.05, 4.69) is 5.32 Å². The van der Waals surface area contributed by atoms with Gasteiger partial charge in [0.2, 0.25) is 5.91 Å². The van der Waals surface area contributed by atoms with E-state index in [1.54, 1.807) is 29.5 Å². The van der Waals surface area contributed by atoms with Crippen LogP contribution in [0.1, 0.15) is 32.0 Å². The summed E-state index contributed by atoms with van der Waals surface area (Å²) in [7, 11) is 1.45. The summed E-state index contributed by atoms with van der Waals surface area (Å²) in [5.74, 6) is -0.760. The number of fused-ring (bicyclic) bond motifs is 1. The van der Waals surface area contributed by atoms with Gasteiger partial charge in [-0.15, -0.1) is 11.3 Å². The number of benzene rings is 1. The number of thiophene rings is 1. The molecule has 3 amide bonds. The van der Waals surface area contributed by atoms with Crippen LogP contribution in [0.2, 0.25) is 0 Å². The topological polar surface area (TPSA) is 66.5 Å². The van der Waals surface area contributed by atoms with Crippen LogP contribution in [0.3, 0.4) is 0 Å². The Hall–Kier alpha value is -2.47. The van der Waals surface area contributed by atoms with Crippen molar-refractivity contribution in [2.45, 2.75) is 12.8 Å². The molecule has 1 aromatic heterocycles. The summed E-state index contributed by atoms with van der Waals surface area (Å²) >= 11 is 1.62. The van der Waals surface area contributed by atoms with Crippen LogP contribution in [0.4, 0.5) is 5.69 Å². The Morgan fingerprint density at radius 1 is 1.18 bits per heavy atom. The highest BCUT2D eigenvalue weighted by Crippen LogP contribution is 2.24. The zero-order valence-electron chi connectivity index (χ0n) is 12.0. The smallest absolute Gasteiger partial charge is 0.261 e. The molecule has 0 radical (unpaired) electrons. The summed E-state index contributed by atoms with van der Waals surface area (Å²) in [5.41, 5.74) is 1.25. The highest BCUT2D eigenvalue weighted by Gasteiger charge is 2.32. The average Bonchev–Trinajstić information content (AvgIpc) is 3.10. The lowest BCUT2D eigenvalue weighted by Crippen LogP contribution is -2.24. The third-order valence-electron chi connectivity index (χ3n) is 3.55. The van der Waals surface area contributed by atoms with Gasteiger partial charge in [-0.05, 0) is 36.1 Å². The molecule has 0 spiro atoms. The maximum absolute atomic E-state index is 11.9. The first-order valence-electron chi connectivity index (χ1n) is 6.85. The van der Waals surface area contributed by atoms with Crippen LogP contribution >= 0.6 is 11.3 Å². The van der Waals surface area contributed by atoms with Crippen molar-refractivity contribution >= 4 is 34.7 Å². The van der Waals surface area contributed by atoms with Gasteiger partial charge in [0.25, 0.3) is 11.8 Å². The second-order valence-electron chi connectivity index (χ2n) is 5.06.